The highest BCUT2D eigenvalue weighted by Crippen LogP contribution is 2.33. The maximum Gasteiger partial charge on any atom is 0.251 e. The molecule has 1 saturated heterocycles. The van der Waals surface area contributed by atoms with Crippen molar-refractivity contribution in [2.45, 2.75) is 45.4 Å². The molecule has 0 radical (unpaired) electrons. The molecule has 1 aromatic heterocycles. The molecule has 8 nitrogen and oxygen atoms in total. The lowest BCUT2D eigenvalue weighted by atomic mass is 10.1. The number of amides is 1. The van der Waals surface area contributed by atoms with Crippen LogP contribution in [0.4, 0.5) is 5.13 Å². The summed E-state index contributed by atoms with van der Waals surface area (Å²) in [6.07, 6.45) is 1.76. The normalized spacial score (nSPS) is 14.9. The predicted molar refractivity (Wildman–Crippen MR) is 156 cm³/mol. The van der Waals surface area contributed by atoms with E-state index in [0.717, 1.165) is 56.2 Å². The molecule has 1 fully saturated rings. The van der Waals surface area contributed by atoms with E-state index in [1.165, 1.54) is 32.3 Å². The minimum absolute atomic E-state index is 0.189. The molecule has 1 aliphatic rings. The molecule has 0 atom stereocenters. The fraction of sp³-hybridized carbons (Fsp3) is 0.500. The summed E-state index contributed by atoms with van der Waals surface area (Å²) in [5, 5.41) is 4.06. The summed E-state index contributed by atoms with van der Waals surface area (Å²) >= 11 is 1.77. The zero-order valence-corrected chi connectivity index (χ0v) is 24.5. The van der Waals surface area contributed by atoms with Crippen LogP contribution in [0.2, 0.25) is 0 Å². The second-order valence-electron chi connectivity index (χ2n) is 9.83. The monoisotopic (exact) mass is 557 g/mol. The number of nitrogens with zero attached hydrogens (tertiary/aromatic N) is 4. The smallest absolute Gasteiger partial charge is 0.251 e. The number of hydrogen-bond acceptors (Lipinski definition) is 7. The molecule has 2 aromatic carbocycles. The number of piperazine rings is 1. The van der Waals surface area contributed by atoms with Gasteiger partial charge in [0.25, 0.3) is 5.91 Å². The Kier molecular flexibility index (Phi) is 9.40. The Labute approximate surface area is 230 Å². The van der Waals surface area contributed by atoms with E-state index in [1.807, 2.05) is 13.8 Å². The van der Waals surface area contributed by atoms with Gasteiger partial charge in [0, 0.05) is 57.9 Å². The first-order valence-corrected chi connectivity index (χ1v) is 15.7. The summed E-state index contributed by atoms with van der Waals surface area (Å²) in [6, 6.07) is 10.5. The number of fused-ring (bicyclic) bond motifs is 1. The molecule has 0 unspecified atom stereocenters. The standard InChI is InChI=1S/C28H39N5O3S2/c1-5-7-15-33(6-2)38(35,36)24-12-10-23(11-13-24)27(34)29-14-16-31-17-19-32(20-18-31)28-30-25-21(3)8-9-22(4)26(25)37-28/h8-13H,5-7,14-20H2,1-4H3,(H,29,34). The topological polar surface area (TPSA) is 85.8 Å². The maximum atomic E-state index is 12.9. The highest BCUT2D eigenvalue weighted by Gasteiger charge is 2.23. The Morgan fingerprint density at radius 2 is 1.71 bits per heavy atom. The molecule has 0 aliphatic carbocycles. The molecule has 0 spiro atoms. The number of carbonyl (C=O) groups excluding carboxylic acids is 1. The third-order valence-electron chi connectivity index (χ3n) is 7.16. The number of anilines is 1. The first kappa shape index (κ1) is 28.5. The number of nitrogens with one attached hydrogen (secondary N) is 1. The minimum atomic E-state index is -3.55. The number of aromatic nitrogens is 1. The number of carbonyl (C=O) groups is 1. The fourth-order valence-electron chi connectivity index (χ4n) is 4.69. The van der Waals surface area contributed by atoms with E-state index in [9.17, 15) is 13.2 Å². The third kappa shape index (κ3) is 6.36. The summed E-state index contributed by atoms with van der Waals surface area (Å²) < 4.78 is 28.6. The Morgan fingerprint density at radius 1 is 1.03 bits per heavy atom. The van der Waals surface area contributed by atoms with Gasteiger partial charge in [0.2, 0.25) is 10.0 Å². The van der Waals surface area contributed by atoms with Crippen molar-refractivity contribution in [3.63, 3.8) is 0 Å². The molecular formula is C28H39N5O3S2. The average Bonchev–Trinajstić information content (AvgIpc) is 3.39. The lowest BCUT2D eigenvalue weighted by molar-refractivity contribution is 0.0947. The molecule has 38 heavy (non-hydrogen) atoms. The molecule has 0 bridgehead atoms. The average molecular weight is 558 g/mol. The van der Waals surface area contributed by atoms with Gasteiger partial charge in [-0.1, -0.05) is 43.7 Å². The van der Waals surface area contributed by atoms with Gasteiger partial charge in [0.1, 0.15) is 0 Å². The molecule has 206 valence electrons. The summed E-state index contributed by atoms with van der Waals surface area (Å²) in [7, 11) is -3.55. The van der Waals surface area contributed by atoms with Crippen molar-refractivity contribution in [1.82, 2.24) is 19.5 Å². The predicted octanol–water partition coefficient (Wildman–Crippen LogP) is 4.28. The quantitative estimate of drug-likeness (QED) is 0.379. The van der Waals surface area contributed by atoms with Gasteiger partial charge in [0.15, 0.2) is 5.13 Å². The number of hydrogen-bond donors (Lipinski definition) is 1. The highest BCUT2D eigenvalue weighted by molar-refractivity contribution is 7.89. The largest absolute Gasteiger partial charge is 0.351 e. The van der Waals surface area contributed by atoms with Gasteiger partial charge < -0.3 is 10.2 Å². The van der Waals surface area contributed by atoms with Gasteiger partial charge >= 0.3 is 0 Å². The summed E-state index contributed by atoms with van der Waals surface area (Å²) in [6.45, 7) is 14.0. The van der Waals surface area contributed by atoms with Crippen LogP contribution >= 0.6 is 11.3 Å². The van der Waals surface area contributed by atoms with Crippen molar-refractivity contribution in [2.75, 3.05) is 57.3 Å². The van der Waals surface area contributed by atoms with Gasteiger partial charge in [-0.05, 0) is 55.7 Å². The molecule has 1 aliphatic heterocycles. The molecule has 1 amide bonds. The third-order valence-corrected chi connectivity index (χ3v) is 10.4. The molecule has 1 N–H and O–H groups in total. The van der Waals surface area contributed by atoms with Crippen molar-refractivity contribution in [3.05, 3.63) is 53.1 Å². The van der Waals surface area contributed by atoms with Gasteiger partial charge in [-0.2, -0.15) is 4.31 Å². The van der Waals surface area contributed by atoms with E-state index < -0.39 is 10.0 Å². The summed E-state index contributed by atoms with van der Waals surface area (Å²) in [4.78, 5) is 22.5. The Balaban J connectivity index is 1.25. The second kappa shape index (κ2) is 12.5. The molecular weight excluding hydrogens is 518 g/mol. The van der Waals surface area contributed by atoms with Gasteiger partial charge in [-0.25, -0.2) is 13.4 Å². The van der Waals surface area contributed by atoms with E-state index in [4.69, 9.17) is 4.98 Å². The molecule has 0 saturated carbocycles. The SMILES string of the molecule is CCCCN(CC)S(=O)(=O)c1ccc(C(=O)NCCN2CCN(c3nc4c(C)ccc(C)c4s3)CC2)cc1. The first-order chi connectivity index (χ1) is 18.2. The first-order valence-electron chi connectivity index (χ1n) is 13.5. The number of thiazole rings is 1. The van der Waals surface area contributed by atoms with Crippen LogP contribution in [0.1, 0.15) is 48.2 Å². The van der Waals surface area contributed by atoms with E-state index in [0.29, 0.717) is 25.2 Å². The van der Waals surface area contributed by atoms with Crippen LogP contribution in [-0.4, -0.2) is 80.9 Å². The Bertz CT molecular complexity index is 1310. The van der Waals surface area contributed by atoms with Gasteiger partial charge in [-0.15, -0.1) is 0 Å². The summed E-state index contributed by atoms with van der Waals surface area (Å²) in [5.41, 5.74) is 4.07. The maximum absolute atomic E-state index is 12.9. The van der Waals surface area contributed by atoms with Crippen LogP contribution in [0.15, 0.2) is 41.3 Å². The zero-order chi connectivity index (χ0) is 27.3. The number of sulfonamides is 1. The lowest BCUT2D eigenvalue weighted by Crippen LogP contribution is -2.48. The lowest BCUT2D eigenvalue weighted by Gasteiger charge is -2.34. The van der Waals surface area contributed by atoms with Crippen LogP contribution in [0.25, 0.3) is 10.2 Å². The van der Waals surface area contributed by atoms with Crippen LogP contribution in [-0.2, 0) is 10.0 Å². The number of rotatable bonds is 11. The zero-order valence-electron chi connectivity index (χ0n) is 22.9. The number of benzene rings is 2. The molecule has 3 aromatic rings. The van der Waals surface area contributed by atoms with Crippen LogP contribution < -0.4 is 10.2 Å². The van der Waals surface area contributed by atoms with Crippen molar-refractivity contribution >= 4 is 42.6 Å². The van der Waals surface area contributed by atoms with Gasteiger partial charge in [0.05, 0.1) is 15.1 Å². The van der Waals surface area contributed by atoms with Crippen LogP contribution in [0.5, 0.6) is 0 Å². The van der Waals surface area contributed by atoms with Crippen LogP contribution in [0, 0.1) is 13.8 Å². The second-order valence-corrected chi connectivity index (χ2v) is 12.7. The van der Waals surface area contributed by atoms with E-state index in [1.54, 1.807) is 23.5 Å². The van der Waals surface area contributed by atoms with Gasteiger partial charge in [-0.3, -0.25) is 9.69 Å². The minimum Gasteiger partial charge on any atom is -0.351 e. The fourth-order valence-corrected chi connectivity index (χ4v) is 7.34. The Hall–Kier alpha value is -2.53. The summed E-state index contributed by atoms with van der Waals surface area (Å²) in [5.74, 6) is -0.189. The van der Waals surface area contributed by atoms with E-state index in [-0.39, 0.29) is 10.8 Å². The van der Waals surface area contributed by atoms with E-state index >= 15 is 0 Å². The number of unbranched alkanes of at least 4 members (excludes halogenated alkanes) is 1. The molecule has 2 heterocycles. The van der Waals surface area contributed by atoms with E-state index in [2.05, 4.69) is 41.1 Å². The molecule has 10 heteroatoms. The van der Waals surface area contributed by atoms with Crippen molar-refractivity contribution in [3.8, 4) is 0 Å². The van der Waals surface area contributed by atoms with Crippen LogP contribution in [0.3, 0.4) is 0 Å². The van der Waals surface area contributed by atoms with Crippen molar-refractivity contribution in [1.29, 1.82) is 0 Å². The molecule has 4 rings (SSSR count). The van der Waals surface area contributed by atoms with Crippen molar-refractivity contribution in [2.24, 2.45) is 0 Å². The number of aryl methyl sites for hydroxylation is 2. The van der Waals surface area contributed by atoms with Crippen molar-refractivity contribution < 1.29 is 13.2 Å². The Morgan fingerprint density at radius 3 is 2.34 bits per heavy atom. The highest BCUT2D eigenvalue weighted by atomic mass is 32.2.